The van der Waals surface area contributed by atoms with Crippen LogP contribution in [0.3, 0.4) is 0 Å². The van der Waals surface area contributed by atoms with Crippen LogP contribution in [0.4, 0.5) is 0 Å². The second-order valence-corrected chi connectivity index (χ2v) is 8.16. The van der Waals surface area contributed by atoms with Crippen LogP contribution in [-0.2, 0) is 0 Å². The summed E-state index contributed by atoms with van der Waals surface area (Å²) in [7, 11) is 0. The van der Waals surface area contributed by atoms with Crippen molar-refractivity contribution < 1.29 is 0 Å². The molecule has 2 heterocycles. The van der Waals surface area contributed by atoms with E-state index in [1.807, 2.05) is 0 Å². The Bertz CT molecular complexity index is 530. The van der Waals surface area contributed by atoms with Crippen molar-refractivity contribution in [2.24, 2.45) is 0 Å². The summed E-state index contributed by atoms with van der Waals surface area (Å²) in [6, 6.07) is 11.1. The van der Waals surface area contributed by atoms with E-state index in [-0.39, 0.29) is 0 Å². The summed E-state index contributed by atoms with van der Waals surface area (Å²) in [6.07, 6.45) is 0. The van der Waals surface area contributed by atoms with Gasteiger partial charge in [0.2, 0.25) is 0 Å². The molecular formula is C10H6Se2. The Kier molecular flexibility index (Phi) is 1.56. The first-order chi connectivity index (χ1) is 5.95. The Hall–Kier alpha value is -0.261. The molecule has 0 aliphatic rings. The van der Waals surface area contributed by atoms with Gasteiger partial charge in [0.25, 0.3) is 0 Å². The van der Waals surface area contributed by atoms with Crippen LogP contribution in [0.2, 0.25) is 0 Å². The topological polar surface area (TPSA) is 0 Å². The fourth-order valence-electron chi connectivity index (χ4n) is 1.45. The van der Waals surface area contributed by atoms with Crippen molar-refractivity contribution >= 4 is 47.2 Å². The van der Waals surface area contributed by atoms with Crippen molar-refractivity contribution in [1.82, 2.24) is 0 Å². The van der Waals surface area contributed by atoms with Gasteiger partial charge in [-0.3, -0.25) is 0 Å². The Balaban J connectivity index is 2.68. The Morgan fingerprint density at radius 2 is 1.83 bits per heavy atom. The molecule has 0 radical (unpaired) electrons. The van der Waals surface area contributed by atoms with Gasteiger partial charge in [-0.15, -0.1) is 0 Å². The first kappa shape index (κ1) is 7.17. The maximum absolute atomic E-state index is 2.34. The van der Waals surface area contributed by atoms with Crippen molar-refractivity contribution in [1.29, 1.82) is 0 Å². The zero-order valence-corrected chi connectivity index (χ0v) is 9.71. The molecule has 0 aliphatic carbocycles. The summed E-state index contributed by atoms with van der Waals surface area (Å²) in [4.78, 5) is 2.34. The summed E-state index contributed by atoms with van der Waals surface area (Å²) >= 11 is 1.32. The predicted octanol–water partition coefficient (Wildman–Crippen LogP) is 2.11. The summed E-state index contributed by atoms with van der Waals surface area (Å²) < 4.78 is 3.32. The molecule has 12 heavy (non-hydrogen) atoms. The molecule has 0 saturated heterocycles. The monoisotopic (exact) mass is 286 g/mol. The first-order valence-corrected chi connectivity index (χ1v) is 7.36. The molecule has 2 heteroatoms. The van der Waals surface area contributed by atoms with E-state index in [4.69, 9.17) is 0 Å². The molecule has 58 valence electrons. The van der Waals surface area contributed by atoms with Gasteiger partial charge in [0.15, 0.2) is 0 Å². The van der Waals surface area contributed by atoms with E-state index in [1.54, 1.807) is 12.8 Å². The van der Waals surface area contributed by atoms with Gasteiger partial charge >= 0.3 is 82.4 Å². The minimum absolute atomic E-state index is 0.648. The zero-order chi connectivity index (χ0) is 7.97. The van der Waals surface area contributed by atoms with Gasteiger partial charge in [0, 0.05) is 0 Å². The number of hydrogen-bond donors (Lipinski definition) is 0. The summed E-state index contributed by atoms with van der Waals surface area (Å²) in [5.74, 6) is 0. The van der Waals surface area contributed by atoms with E-state index in [0.29, 0.717) is 29.0 Å². The third-order valence-electron chi connectivity index (χ3n) is 2.01. The Morgan fingerprint density at radius 1 is 0.917 bits per heavy atom. The molecule has 0 unspecified atom stereocenters. The van der Waals surface area contributed by atoms with Crippen LogP contribution in [0, 0.1) is 0 Å². The van der Waals surface area contributed by atoms with Gasteiger partial charge in [-0.25, -0.2) is 0 Å². The molecule has 3 rings (SSSR count). The average Bonchev–Trinajstić information content (AvgIpc) is 2.62. The maximum atomic E-state index is 2.34. The normalized spacial score (nSPS) is 11.3. The second kappa shape index (κ2) is 2.61. The molecule has 0 amide bonds. The molecule has 0 saturated carbocycles. The first-order valence-electron chi connectivity index (χ1n) is 3.80. The van der Waals surface area contributed by atoms with Crippen molar-refractivity contribution in [3.8, 4) is 0 Å². The zero-order valence-electron chi connectivity index (χ0n) is 6.28. The third kappa shape index (κ3) is 0.901. The minimum atomic E-state index is 0.648. The SMILES string of the molecule is c1ccc2c(c1)[se]c1[se]ccc12. The van der Waals surface area contributed by atoms with Crippen LogP contribution in [0.15, 0.2) is 35.3 Å². The fraction of sp³-hybridized carbons (Fsp3) is 0. The number of rotatable bonds is 0. The standard InChI is InChI=1S/C10H6Se2/c1-2-4-9-7(3-1)8-5-6-11-10(8)12-9/h1-6H. The van der Waals surface area contributed by atoms with Gasteiger partial charge in [-0.1, -0.05) is 0 Å². The fourth-order valence-corrected chi connectivity index (χ4v) is 6.92. The molecule has 2 aromatic heterocycles. The average molecular weight is 284 g/mol. The van der Waals surface area contributed by atoms with Gasteiger partial charge < -0.3 is 0 Å². The molecule has 0 bridgehead atoms. The molecule has 0 fully saturated rings. The summed E-state index contributed by atoms with van der Waals surface area (Å²) in [5.41, 5.74) is 0. The van der Waals surface area contributed by atoms with Crippen LogP contribution in [0.1, 0.15) is 0 Å². The molecule has 0 atom stereocenters. The molecule has 3 aromatic rings. The van der Waals surface area contributed by atoms with Gasteiger partial charge in [0.05, 0.1) is 0 Å². The van der Waals surface area contributed by atoms with E-state index in [9.17, 15) is 0 Å². The van der Waals surface area contributed by atoms with Crippen LogP contribution in [0.25, 0.3) is 18.2 Å². The molecule has 0 N–H and O–H groups in total. The molecule has 0 spiro atoms. The molecule has 0 aliphatic heterocycles. The molecule has 1 aromatic carbocycles. The van der Waals surface area contributed by atoms with E-state index < -0.39 is 0 Å². The van der Waals surface area contributed by atoms with Crippen LogP contribution in [-0.4, -0.2) is 29.0 Å². The second-order valence-electron chi connectivity index (χ2n) is 2.72. The quantitative estimate of drug-likeness (QED) is 0.555. The number of hydrogen-bond acceptors (Lipinski definition) is 0. The molecule has 0 nitrogen and oxygen atoms in total. The van der Waals surface area contributed by atoms with Crippen LogP contribution < -0.4 is 0 Å². The Labute approximate surface area is 82.3 Å². The van der Waals surface area contributed by atoms with E-state index >= 15 is 0 Å². The van der Waals surface area contributed by atoms with Gasteiger partial charge in [0.1, 0.15) is 0 Å². The van der Waals surface area contributed by atoms with Crippen molar-refractivity contribution in [3.05, 3.63) is 35.3 Å². The summed E-state index contributed by atoms with van der Waals surface area (Å²) in [5, 5.41) is 3.05. The van der Waals surface area contributed by atoms with E-state index in [0.717, 1.165) is 0 Å². The predicted molar refractivity (Wildman–Crippen MR) is 55.3 cm³/mol. The van der Waals surface area contributed by atoms with E-state index in [2.05, 4.69) is 35.3 Å². The van der Waals surface area contributed by atoms with Gasteiger partial charge in [-0.2, -0.15) is 0 Å². The Morgan fingerprint density at radius 3 is 2.83 bits per heavy atom. The molecular weight excluding hydrogens is 278 g/mol. The van der Waals surface area contributed by atoms with Crippen LogP contribution >= 0.6 is 0 Å². The van der Waals surface area contributed by atoms with Crippen molar-refractivity contribution in [2.75, 3.05) is 0 Å². The number of fused-ring (bicyclic) bond motifs is 3. The van der Waals surface area contributed by atoms with Crippen LogP contribution in [0.5, 0.6) is 0 Å². The van der Waals surface area contributed by atoms with Crippen molar-refractivity contribution in [3.63, 3.8) is 0 Å². The number of benzene rings is 1. The summed E-state index contributed by atoms with van der Waals surface area (Å²) in [6.45, 7) is 0. The van der Waals surface area contributed by atoms with Gasteiger partial charge in [-0.05, 0) is 0 Å². The van der Waals surface area contributed by atoms with E-state index in [1.165, 1.54) is 5.39 Å². The third-order valence-corrected chi connectivity index (χ3v) is 7.51. The van der Waals surface area contributed by atoms with Crippen molar-refractivity contribution in [2.45, 2.75) is 0 Å².